The van der Waals surface area contributed by atoms with Crippen LogP contribution in [0.15, 0.2) is 60.7 Å². The normalized spacial score (nSPS) is 11.2. The van der Waals surface area contributed by atoms with Crippen molar-refractivity contribution in [3.8, 4) is 5.75 Å². The summed E-state index contributed by atoms with van der Waals surface area (Å²) in [5, 5.41) is 1.15. The summed E-state index contributed by atoms with van der Waals surface area (Å²) in [6, 6.07) is 15.5. The molecule has 0 radical (unpaired) electrons. The van der Waals surface area contributed by atoms with Gasteiger partial charge in [0.1, 0.15) is 17.4 Å². The largest absolute Gasteiger partial charge is 0.494 e. The van der Waals surface area contributed by atoms with Crippen LogP contribution in [0.1, 0.15) is 29.2 Å². The van der Waals surface area contributed by atoms with Crippen molar-refractivity contribution in [3.05, 3.63) is 112 Å². The maximum Gasteiger partial charge on any atom is 0.194 e. The molecule has 0 amide bonds. The number of rotatable bonds is 8. The van der Waals surface area contributed by atoms with Crippen molar-refractivity contribution in [2.75, 3.05) is 6.61 Å². The molecule has 1 nitrogen and oxygen atoms in total. The van der Waals surface area contributed by atoms with E-state index in [9.17, 15) is 17.6 Å². The van der Waals surface area contributed by atoms with Crippen molar-refractivity contribution in [1.29, 1.82) is 0 Å². The zero-order valence-electron chi connectivity index (χ0n) is 18.6. The van der Waals surface area contributed by atoms with Crippen LogP contribution < -0.4 is 4.74 Å². The molecular formula is C28H23F5O. The van der Waals surface area contributed by atoms with E-state index < -0.39 is 23.3 Å². The van der Waals surface area contributed by atoms with E-state index in [-0.39, 0.29) is 24.2 Å². The van der Waals surface area contributed by atoms with Crippen molar-refractivity contribution >= 4 is 10.8 Å². The predicted octanol–water partition coefficient (Wildman–Crippen LogP) is 7.50. The lowest BCUT2D eigenvalue weighted by atomic mass is 9.97. The summed E-state index contributed by atoms with van der Waals surface area (Å²) in [6.45, 7) is 2.31. The Labute approximate surface area is 194 Å². The highest BCUT2D eigenvalue weighted by Crippen LogP contribution is 2.25. The van der Waals surface area contributed by atoms with Gasteiger partial charge in [-0.25, -0.2) is 22.0 Å². The first kappa shape index (κ1) is 23.7. The fourth-order valence-corrected chi connectivity index (χ4v) is 4.03. The van der Waals surface area contributed by atoms with Crippen LogP contribution in [0.3, 0.4) is 0 Å². The van der Waals surface area contributed by atoms with Crippen molar-refractivity contribution in [2.24, 2.45) is 0 Å². The molecule has 0 N–H and O–H groups in total. The van der Waals surface area contributed by atoms with Crippen molar-refractivity contribution in [2.45, 2.75) is 32.6 Å². The summed E-state index contributed by atoms with van der Waals surface area (Å²) in [6.07, 6.45) is 1.47. The fourth-order valence-electron chi connectivity index (χ4n) is 4.03. The van der Waals surface area contributed by atoms with Gasteiger partial charge in [-0.3, -0.25) is 0 Å². The average molecular weight is 470 g/mol. The number of benzene rings is 4. The van der Waals surface area contributed by atoms with Gasteiger partial charge in [-0.2, -0.15) is 0 Å². The quantitative estimate of drug-likeness (QED) is 0.191. The van der Waals surface area contributed by atoms with Crippen LogP contribution in [0.5, 0.6) is 5.75 Å². The van der Waals surface area contributed by atoms with Gasteiger partial charge < -0.3 is 4.74 Å². The first-order valence-corrected chi connectivity index (χ1v) is 11.1. The summed E-state index contributed by atoms with van der Waals surface area (Å²) in [4.78, 5) is 0. The molecule has 6 heteroatoms. The van der Waals surface area contributed by atoms with E-state index in [1.54, 1.807) is 30.3 Å². The molecule has 0 bridgehead atoms. The van der Waals surface area contributed by atoms with Crippen LogP contribution >= 0.6 is 0 Å². The lowest BCUT2D eigenvalue weighted by Gasteiger charge is -2.10. The topological polar surface area (TPSA) is 9.23 Å². The van der Waals surface area contributed by atoms with Gasteiger partial charge in [0.2, 0.25) is 0 Å². The summed E-state index contributed by atoms with van der Waals surface area (Å²) < 4.78 is 74.6. The smallest absolute Gasteiger partial charge is 0.194 e. The van der Waals surface area contributed by atoms with Crippen LogP contribution in [0.2, 0.25) is 0 Å². The Morgan fingerprint density at radius 1 is 0.588 bits per heavy atom. The van der Waals surface area contributed by atoms with Crippen LogP contribution in [0.4, 0.5) is 22.0 Å². The number of ether oxygens (including phenoxy) is 1. The molecule has 4 aromatic carbocycles. The van der Waals surface area contributed by atoms with E-state index in [0.29, 0.717) is 47.1 Å². The molecule has 0 aliphatic carbocycles. The molecule has 0 unspecified atom stereocenters. The zero-order valence-corrected chi connectivity index (χ0v) is 18.6. The summed E-state index contributed by atoms with van der Waals surface area (Å²) >= 11 is 0. The summed E-state index contributed by atoms with van der Waals surface area (Å²) in [5.74, 6) is -4.25. The summed E-state index contributed by atoms with van der Waals surface area (Å²) in [7, 11) is 0. The Balaban J connectivity index is 1.46. The molecule has 0 spiro atoms. The van der Waals surface area contributed by atoms with E-state index in [1.807, 2.05) is 19.1 Å². The molecule has 0 fully saturated rings. The van der Waals surface area contributed by atoms with E-state index in [1.165, 1.54) is 6.07 Å². The molecule has 4 aromatic rings. The van der Waals surface area contributed by atoms with Crippen molar-refractivity contribution in [1.82, 2.24) is 0 Å². The first-order chi connectivity index (χ1) is 16.4. The molecular weight excluding hydrogens is 447 g/mol. The van der Waals surface area contributed by atoms with Gasteiger partial charge in [0, 0.05) is 11.5 Å². The SMILES string of the molecule is CCOc1ccc(CCc2ccc3c(F)c(CCc4cc(F)c(F)c(F)c4)ccc3c2)c(F)c1. The third-order valence-electron chi connectivity index (χ3n) is 5.84. The minimum atomic E-state index is -1.51. The van der Waals surface area contributed by atoms with E-state index >= 15 is 4.39 Å². The van der Waals surface area contributed by atoms with E-state index in [2.05, 4.69) is 0 Å². The number of aryl methyl sites for hydroxylation is 4. The Bertz CT molecular complexity index is 1310. The van der Waals surface area contributed by atoms with Crippen LogP contribution in [0, 0.1) is 29.1 Å². The standard InChI is InChI=1S/C28H23F5O/c1-2-34-22-11-10-19(24(29)16-22)6-3-17-5-12-23-21(13-17)9-8-20(27(23)32)7-4-18-14-25(30)28(33)26(31)15-18/h5,8-16H,2-4,6-7H2,1H3. The molecule has 34 heavy (non-hydrogen) atoms. The van der Waals surface area contributed by atoms with E-state index in [4.69, 9.17) is 4.74 Å². The lowest BCUT2D eigenvalue weighted by molar-refractivity contribution is 0.338. The molecule has 0 aliphatic heterocycles. The molecule has 0 saturated carbocycles. The van der Waals surface area contributed by atoms with Crippen molar-refractivity contribution in [3.63, 3.8) is 0 Å². The maximum atomic E-state index is 15.1. The van der Waals surface area contributed by atoms with Gasteiger partial charge in [0.25, 0.3) is 0 Å². The Hall–Kier alpha value is -3.41. The second-order valence-corrected chi connectivity index (χ2v) is 8.15. The minimum Gasteiger partial charge on any atom is -0.494 e. The molecule has 0 saturated heterocycles. The van der Waals surface area contributed by atoms with Crippen molar-refractivity contribution < 1.29 is 26.7 Å². The summed E-state index contributed by atoms with van der Waals surface area (Å²) in [5.41, 5.74) is 2.19. The van der Waals surface area contributed by atoms with Gasteiger partial charge in [0.15, 0.2) is 17.5 Å². The number of fused-ring (bicyclic) bond motifs is 1. The molecule has 0 aromatic heterocycles. The number of hydrogen-bond acceptors (Lipinski definition) is 1. The molecule has 4 rings (SSSR count). The first-order valence-electron chi connectivity index (χ1n) is 11.1. The van der Waals surface area contributed by atoms with Gasteiger partial charge in [0.05, 0.1) is 6.61 Å². The number of halogens is 5. The molecule has 0 heterocycles. The molecule has 0 atom stereocenters. The van der Waals surface area contributed by atoms with Gasteiger partial charge >= 0.3 is 0 Å². The predicted molar refractivity (Wildman–Crippen MR) is 123 cm³/mol. The van der Waals surface area contributed by atoms with Gasteiger partial charge in [-0.05, 0) is 78.4 Å². The van der Waals surface area contributed by atoms with Crippen LogP contribution in [0.25, 0.3) is 10.8 Å². The van der Waals surface area contributed by atoms with Gasteiger partial charge in [-0.1, -0.05) is 36.4 Å². The lowest BCUT2D eigenvalue weighted by Crippen LogP contribution is -2.00. The fraction of sp³-hybridized carbons (Fsp3) is 0.214. The second-order valence-electron chi connectivity index (χ2n) is 8.15. The highest BCUT2D eigenvalue weighted by Gasteiger charge is 2.13. The molecule has 176 valence electrons. The highest BCUT2D eigenvalue weighted by molar-refractivity contribution is 5.84. The monoisotopic (exact) mass is 470 g/mol. The average Bonchev–Trinajstić information content (AvgIpc) is 2.81. The third kappa shape index (κ3) is 5.22. The third-order valence-corrected chi connectivity index (χ3v) is 5.84. The Morgan fingerprint density at radius 2 is 1.26 bits per heavy atom. The van der Waals surface area contributed by atoms with Gasteiger partial charge in [-0.15, -0.1) is 0 Å². The zero-order chi connectivity index (χ0) is 24.2. The highest BCUT2D eigenvalue weighted by atomic mass is 19.2. The van der Waals surface area contributed by atoms with Crippen LogP contribution in [-0.2, 0) is 25.7 Å². The molecule has 0 aliphatic rings. The second kappa shape index (κ2) is 10.2. The van der Waals surface area contributed by atoms with Crippen LogP contribution in [-0.4, -0.2) is 6.61 Å². The van der Waals surface area contributed by atoms with E-state index in [0.717, 1.165) is 17.7 Å². The Morgan fingerprint density at radius 3 is 1.97 bits per heavy atom. The minimum absolute atomic E-state index is 0.169. The maximum absolute atomic E-state index is 15.1. The Kier molecular flexibility index (Phi) is 7.15. The number of hydrogen-bond donors (Lipinski definition) is 0.